The second-order valence-electron chi connectivity index (χ2n) is 3.64. The van der Waals surface area contributed by atoms with E-state index in [0.29, 0.717) is 19.5 Å². The van der Waals surface area contributed by atoms with Crippen molar-refractivity contribution >= 4 is 5.91 Å². The minimum Gasteiger partial charge on any atom is -0.633 e. The molecule has 0 aromatic heterocycles. The Hall–Kier alpha value is -0.610. The molecule has 0 aromatic rings. The first-order chi connectivity index (χ1) is 6.16. The predicted molar refractivity (Wildman–Crippen MR) is 50.8 cm³/mol. The second kappa shape index (κ2) is 4.58. The number of likely N-dealkylation sites (tertiary alicyclic amines) is 1. The Kier molecular flexibility index (Phi) is 3.69. The van der Waals surface area contributed by atoms with E-state index >= 15 is 0 Å². The lowest BCUT2D eigenvalue weighted by atomic mass is 10.4. The Labute approximate surface area is 79.1 Å². The van der Waals surface area contributed by atoms with Crippen LogP contribution in [0.1, 0.15) is 26.2 Å². The van der Waals surface area contributed by atoms with Crippen molar-refractivity contribution < 1.29 is 9.44 Å². The summed E-state index contributed by atoms with van der Waals surface area (Å²) < 4.78 is -0.107. The predicted octanol–water partition coefficient (Wildman–Crippen LogP) is 0.621. The van der Waals surface area contributed by atoms with Gasteiger partial charge in [-0.1, -0.05) is 6.92 Å². The van der Waals surface area contributed by atoms with Crippen LogP contribution in [0.5, 0.6) is 0 Å². The molecule has 1 fully saturated rings. The highest BCUT2D eigenvalue weighted by atomic mass is 16.5. The highest BCUT2D eigenvalue weighted by Crippen LogP contribution is 2.16. The Morgan fingerprint density at radius 3 is 2.62 bits per heavy atom. The lowest BCUT2D eigenvalue weighted by Crippen LogP contribution is -2.44. The van der Waals surface area contributed by atoms with Gasteiger partial charge in [-0.3, -0.25) is 4.79 Å². The number of quaternary nitrogens is 1. The van der Waals surface area contributed by atoms with Gasteiger partial charge in [0.2, 0.25) is 5.91 Å². The van der Waals surface area contributed by atoms with E-state index < -0.39 is 0 Å². The van der Waals surface area contributed by atoms with Crippen molar-refractivity contribution in [1.82, 2.24) is 5.32 Å². The fourth-order valence-corrected chi connectivity index (χ4v) is 1.66. The first-order valence-corrected chi connectivity index (χ1v) is 5.00. The van der Waals surface area contributed by atoms with Crippen LogP contribution in [-0.4, -0.2) is 36.7 Å². The molecule has 4 heteroatoms. The van der Waals surface area contributed by atoms with Gasteiger partial charge in [0.25, 0.3) is 0 Å². The van der Waals surface area contributed by atoms with Gasteiger partial charge in [0.1, 0.15) is 0 Å². The van der Waals surface area contributed by atoms with Gasteiger partial charge in [-0.25, -0.2) is 0 Å². The molecule has 0 unspecified atom stereocenters. The van der Waals surface area contributed by atoms with Crippen LogP contribution in [0, 0.1) is 5.21 Å². The van der Waals surface area contributed by atoms with E-state index in [2.05, 4.69) is 5.32 Å². The van der Waals surface area contributed by atoms with Crippen LogP contribution in [0.4, 0.5) is 0 Å². The van der Waals surface area contributed by atoms with E-state index in [0.717, 1.165) is 25.9 Å². The molecule has 0 atom stereocenters. The lowest BCUT2D eigenvalue weighted by molar-refractivity contribution is -0.866. The third-order valence-electron chi connectivity index (χ3n) is 2.54. The smallest absolute Gasteiger partial charge is 0.219 e. The van der Waals surface area contributed by atoms with Gasteiger partial charge in [-0.15, -0.1) is 0 Å². The van der Waals surface area contributed by atoms with Crippen LogP contribution in [-0.2, 0) is 4.79 Å². The Morgan fingerprint density at radius 2 is 2.08 bits per heavy atom. The number of hydrogen-bond donors (Lipinski definition) is 1. The first kappa shape index (κ1) is 10.5. The van der Waals surface area contributed by atoms with Crippen LogP contribution >= 0.6 is 0 Å². The minimum atomic E-state index is -0.107. The number of hydrogen-bond acceptors (Lipinski definition) is 2. The summed E-state index contributed by atoms with van der Waals surface area (Å²) in [5.74, 6) is 0.0331. The van der Waals surface area contributed by atoms with E-state index in [4.69, 9.17) is 0 Å². The average molecular weight is 186 g/mol. The molecule has 13 heavy (non-hydrogen) atoms. The molecular formula is C9H18N2O2. The largest absolute Gasteiger partial charge is 0.633 e. The highest BCUT2D eigenvalue weighted by molar-refractivity contribution is 5.75. The van der Waals surface area contributed by atoms with E-state index in [-0.39, 0.29) is 10.6 Å². The van der Waals surface area contributed by atoms with Crippen LogP contribution < -0.4 is 5.32 Å². The van der Waals surface area contributed by atoms with Crippen molar-refractivity contribution in [2.45, 2.75) is 26.2 Å². The molecule has 76 valence electrons. The van der Waals surface area contributed by atoms with Crippen molar-refractivity contribution in [2.24, 2.45) is 0 Å². The van der Waals surface area contributed by atoms with Crippen LogP contribution in [0.15, 0.2) is 0 Å². The van der Waals surface area contributed by atoms with Crippen LogP contribution in [0.2, 0.25) is 0 Å². The molecule has 0 radical (unpaired) electrons. The zero-order chi connectivity index (χ0) is 9.73. The molecule has 1 heterocycles. The van der Waals surface area contributed by atoms with E-state index in [1.807, 2.05) is 6.92 Å². The summed E-state index contributed by atoms with van der Waals surface area (Å²) in [6.07, 6.45) is 2.56. The summed E-state index contributed by atoms with van der Waals surface area (Å²) in [6.45, 7) is 4.32. The number of amides is 1. The highest BCUT2D eigenvalue weighted by Gasteiger charge is 2.21. The van der Waals surface area contributed by atoms with Gasteiger partial charge in [0, 0.05) is 19.3 Å². The zero-order valence-corrected chi connectivity index (χ0v) is 8.21. The van der Waals surface area contributed by atoms with E-state index in [1.165, 1.54) is 0 Å². The van der Waals surface area contributed by atoms with Crippen LogP contribution in [0.25, 0.3) is 0 Å². The summed E-state index contributed by atoms with van der Waals surface area (Å²) >= 11 is 0. The summed E-state index contributed by atoms with van der Waals surface area (Å²) in [7, 11) is 0. The fourth-order valence-electron chi connectivity index (χ4n) is 1.66. The summed E-state index contributed by atoms with van der Waals surface area (Å²) in [5.41, 5.74) is 0. The summed E-state index contributed by atoms with van der Waals surface area (Å²) in [4.78, 5) is 10.9. The fraction of sp³-hybridized carbons (Fsp3) is 0.889. The van der Waals surface area contributed by atoms with Crippen LogP contribution in [0.3, 0.4) is 0 Å². The minimum absolute atomic E-state index is 0.0331. The lowest BCUT2D eigenvalue weighted by Gasteiger charge is -2.38. The second-order valence-corrected chi connectivity index (χ2v) is 3.64. The van der Waals surface area contributed by atoms with Gasteiger partial charge >= 0.3 is 0 Å². The molecule has 0 spiro atoms. The molecule has 1 rings (SSSR count). The summed E-state index contributed by atoms with van der Waals surface area (Å²) in [5, 5.41) is 14.5. The van der Waals surface area contributed by atoms with Gasteiger partial charge < -0.3 is 15.2 Å². The molecule has 1 N–H and O–H groups in total. The average Bonchev–Trinajstić information content (AvgIpc) is 2.52. The number of nitrogens with one attached hydrogen (secondary N) is 1. The van der Waals surface area contributed by atoms with Gasteiger partial charge in [-0.05, 0) is 0 Å². The van der Waals surface area contributed by atoms with Gasteiger partial charge in [-0.2, -0.15) is 0 Å². The third-order valence-corrected chi connectivity index (χ3v) is 2.54. The first-order valence-electron chi connectivity index (χ1n) is 5.00. The SMILES string of the molecule is CCC(=O)NCC[N+]1([O-])CCCC1. The molecule has 0 aliphatic carbocycles. The number of carbonyl (C=O) groups is 1. The van der Waals surface area contributed by atoms with Crippen molar-refractivity contribution in [3.63, 3.8) is 0 Å². The monoisotopic (exact) mass is 186 g/mol. The van der Waals surface area contributed by atoms with Gasteiger partial charge in [0.05, 0.1) is 26.2 Å². The molecule has 1 aliphatic rings. The van der Waals surface area contributed by atoms with Crippen molar-refractivity contribution in [2.75, 3.05) is 26.2 Å². The number of carbonyl (C=O) groups excluding carboxylic acids is 1. The maximum absolute atomic E-state index is 11.8. The molecule has 1 amide bonds. The quantitative estimate of drug-likeness (QED) is 0.517. The molecular weight excluding hydrogens is 168 g/mol. The number of hydroxylamine groups is 3. The van der Waals surface area contributed by atoms with E-state index in [1.54, 1.807) is 0 Å². The molecule has 0 bridgehead atoms. The third kappa shape index (κ3) is 3.32. The maximum atomic E-state index is 11.8. The normalized spacial score (nSPS) is 20.2. The number of rotatable bonds is 4. The van der Waals surface area contributed by atoms with Crippen molar-refractivity contribution in [3.8, 4) is 0 Å². The molecule has 1 aliphatic heterocycles. The Balaban J connectivity index is 2.14. The zero-order valence-electron chi connectivity index (χ0n) is 8.21. The molecule has 0 aromatic carbocycles. The Morgan fingerprint density at radius 1 is 1.46 bits per heavy atom. The van der Waals surface area contributed by atoms with E-state index in [9.17, 15) is 10.0 Å². The number of nitrogens with zero attached hydrogens (tertiary/aromatic N) is 1. The Bertz CT molecular complexity index is 176. The van der Waals surface area contributed by atoms with Crippen molar-refractivity contribution in [3.05, 3.63) is 5.21 Å². The molecule has 1 saturated heterocycles. The molecule has 4 nitrogen and oxygen atoms in total. The van der Waals surface area contributed by atoms with Gasteiger partial charge in [0.15, 0.2) is 0 Å². The summed E-state index contributed by atoms with van der Waals surface area (Å²) in [6, 6.07) is 0. The maximum Gasteiger partial charge on any atom is 0.219 e. The molecule has 0 saturated carbocycles. The van der Waals surface area contributed by atoms with Crippen molar-refractivity contribution in [1.29, 1.82) is 0 Å². The standard InChI is InChI=1S/C9H18N2O2/c1-2-9(12)10-5-8-11(13)6-3-4-7-11/h2-8H2,1H3,(H,10,12). The topological polar surface area (TPSA) is 52.2 Å².